The SMILES string of the molecule is COc1cc(C(CN=[N+]=[N-])N=[N+]=[N-])ccc1OCc1ccccc1. The Morgan fingerprint density at radius 3 is 2.50 bits per heavy atom. The summed E-state index contributed by atoms with van der Waals surface area (Å²) in [6.45, 7) is 0.447. The van der Waals surface area contributed by atoms with E-state index in [1.807, 2.05) is 30.3 Å². The van der Waals surface area contributed by atoms with Gasteiger partial charge >= 0.3 is 0 Å². The fourth-order valence-electron chi connectivity index (χ4n) is 2.13. The van der Waals surface area contributed by atoms with Gasteiger partial charge in [0.15, 0.2) is 11.5 Å². The van der Waals surface area contributed by atoms with Gasteiger partial charge in [0, 0.05) is 16.4 Å². The molecule has 0 aromatic heterocycles. The van der Waals surface area contributed by atoms with Gasteiger partial charge in [-0.25, -0.2) is 0 Å². The molecule has 0 spiro atoms. The zero-order chi connectivity index (χ0) is 17.2. The first kappa shape index (κ1) is 17.0. The molecule has 0 aliphatic rings. The summed E-state index contributed by atoms with van der Waals surface area (Å²) in [6, 6.07) is 14.4. The Kier molecular flexibility index (Phi) is 6.35. The molecule has 8 heteroatoms. The van der Waals surface area contributed by atoms with Crippen molar-refractivity contribution in [1.29, 1.82) is 0 Å². The molecule has 0 aliphatic carbocycles. The van der Waals surface area contributed by atoms with Gasteiger partial charge in [0.2, 0.25) is 0 Å². The van der Waals surface area contributed by atoms with Crippen LogP contribution in [-0.2, 0) is 6.61 Å². The highest BCUT2D eigenvalue weighted by molar-refractivity contribution is 5.44. The van der Waals surface area contributed by atoms with Crippen LogP contribution in [0.4, 0.5) is 0 Å². The Hall–Kier alpha value is -3.34. The van der Waals surface area contributed by atoms with Gasteiger partial charge in [-0.2, -0.15) is 0 Å². The fraction of sp³-hybridized carbons (Fsp3) is 0.250. The minimum Gasteiger partial charge on any atom is -0.493 e. The third kappa shape index (κ3) is 4.58. The lowest BCUT2D eigenvalue weighted by atomic mass is 10.1. The first-order valence-corrected chi connectivity index (χ1v) is 7.18. The van der Waals surface area contributed by atoms with Gasteiger partial charge < -0.3 is 9.47 Å². The van der Waals surface area contributed by atoms with E-state index in [0.717, 1.165) is 5.56 Å². The van der Waals surface area contributed by atoms with E-state index in [-0.39, 0.29) is 6.54 Å². The molecule has 1 unspecified atom stereocenters. The average molecular weight is 324 g/mol. The van der Waals surface area contributed by atoms with Crippen molar-refractivity contribution in [3.8, 4) is 11.5 Å². The number of azide groups is 2. The van der Waals surface area contributed by atoms with Crippen molar-refractivity contribution in [2.45, 2.75) is 12.6 Å². The number of nitrogens with zero attached hydrogens (tertiary/aromatic N) is 6. The van der Waals surface area contributed by atoms with Crippen LogP contribution in [0.3, 0.4) is 0 Å². The minimum absolute atomic E-state index is 0.0356. The third-order valence-corrected chi connectivity index (χ3v) is 3.32. The highest BCUT2D eigenvalue weighted by Crippen LogP contribution is 2.32. The maximum absolute atomic E-state index is 8.66. The Balaban J connectivity index is 2.19. The molecule has 0 radical (unpaired) electrons. The first-order chi connectivity index (χ1) is 11.8. The van der Waals surface area contributed by atoms with Crippen LogP contribution < -0.4 is 9.47 Å². The highest BCUT2D eigenvalue weighted by Gasteiger charge is 2.13. The number of ether oxygens (including phenoxy) is 2. The summed E-state index contributed by atoms with van der Waals surface area (Å²) in [4.78, 5) is 5.48. The first-order valence-electron chi connectivity index (χ1n) is 7.18. The standard InChI is InChI=1S/C16H16N6O2/c1-23-16-9-13(14(20-22-18)10-19-21-17)7-8-15(16)24-11-12-5-3-2-4-6-12/h2-9,14H,10-11H2,1H3. The lowest BCUT2D eigenvalue weighted by Crippen LogP contribution is -2.01. The molecule has 0 fully saturated rings. The third-order valence-electron chi connectivity index (χ3n) is 3.32. The lowest BCUT2D eigenvalue weighted by Gasteiger charge is -2.14. The van der Waals surface area contributed by atoms with Crippen LogP contribution in [0, 0.1) is 0 Å². The molecule has 1 atom stereocenters. The molecule has 122 valence electrons. The Morgan fingerprint density at radius 2 is 1.83 bits per heavy atom. The molecule has 2 aromatic rings. The van der Waals surface area contributed by atoms with Crippen molar-refractivity contribution in [3.63, 3.8) is 0 Å². The van der Waals surface area contributed by atoms with Crippen LogP contribution in [0.2, 0.25) is 0 Å². The zero-order valence-electron chi connectivity index (χ0n) is 13.1. The summed E-state index contributed by atoms with van der Waals surface area (Å²) < 4.78 is 11.1. The maximum Gasteiger partial charge on any atom is 0.161 e. The molecule has 0 heterocycles. The molecule has 2 aromatic carbocycles. The van der Waals surface area contributed by atoms with Gasteiger partial charge in [-0.05, 0) is 34.3 Å². The summed E-state index contributed by atoms with van der Waals surface area (Å²) in [5.41, 5.74) is 18.8. The molecular formula is C16H16N6O2. The van der Waals surface area contributed by atoms with E-state index >= 15 is 0 Å². The minimum atomic E-state index is -0.594. The molecule has 0 aliphatic heterocycles. The lowest BCUT2D eigenvalue weighted by molar-refractivity contribution is 0.284. The summed E-state index contributed by atoms with van der Waals surface area (Å²) in [7, 11) is 1.53. The van der Waals surface area contributed by atoms with Crippen molar-refractivity contribution in [2.75, 3.05) is 13.7 Å². The molecule has 2 rings (SSSR count). The second-order valence-electron chi connectivity index (χ2n) is 4.82. The molecule has 8 nitrogen and oxygen atoms in total. The van der Waals surface area contributed by atoms with E-state index in [0.29, 0.717) is 23.7 Å². The number of hydrogen-bond acceptors (Lipinski definition) is 4. The summed E-state index contributed by atoms with van der Waals surface area (Å²) >= 11 is 0. The molecule has 0 N–H and O–H groups in total. The topological polar surface area (TPSA) is 116 Å². The van der Waals surface area contributed by atoms with E-state index in [1.54, 1.807) is 18.2 Å². The summed E-state index contributed by atoms with van der Waals surface area (Å²) in [6.07, 6.45) is 0. The zero-order valence-corrected chi connectivity index (χ0v) is 13.1. The number of methoxy groups -OCH3 is 1. The predicted octanol–water partition coefficient (Wildman–Crippen LogP) is 4.94. The Morgan fingerprint density at radius 1 is 1.04 bits per heavy atom. The highest BCUT2D eigenvalue weighted by atomic mass is 16.5. The van der Waals surface area contributed by atoms with Gasteiger partial charge in [-0.1, -0.05) is 46.6 Å². The molecule has 0 saturated heterocycles. The Labute approximate surface area is 138 Å². The van der Waals surface area contributed by atoms with E-state index in [2.05, 4.69) is 20.1 Å². The maximum atomic E-state index is 8.66. The van der Waals surface area contributed by atoms with E-state index in [9.17, 15) is 0 Å². The van der Waals surface area contributed by atoms with Crippen LogP contribution in [0.1, 0.15) is 17.2 Å². The van der Waals surface area contributed by atoms with Gasteiger partial charge in [0.25, 0.3) is 0 Å². The number of hydrogen-bond donors (Lipinski definition) is 0. The van der Waals surface area contributed by atoms with Gasteiger partial charge in [-0.15, -0.1) is 0 Å². The second kappa shape index (κ2) is 8.95. The summed E-state index contributed by atoms with van der Waals surface area (Å²) in [5, 5.41) is 7.11. The molecular weight excluding hydrogens is 308 g/mol. The number of rotatable bonds is 8. The van der Waals surface area contributed by atoms with Crippen molar-refractivity contribution in [2.24, 2.45) is 10.2 Å². The van der Waals surface area contributed by atoms with E-state index in [1.165, 1.54) is 7.11 Å². The van der Waals surface area contributed by atoms with E-state index in [4.69, 9.17) is 20.5 Å². The van der Waals surface area contributed by atoms with Crippen molar-refractivity contribution >= 4 is 0 Å². The van der Waals surface area contributed by atoms with Crippen molar-refractivity contribution in [3.05, 3.63) is 80.5 Å². The molecule has 24 heavy (non-hydrogen) atoms. The number of benzene rings is 2. The molecule has 0 saturated carbocycles. The van der Waals surface area contributed by atoms with Crippen LogP contribution >= 0.6 is 0 Å². The molecule has 0 bridgehead atoms. The fourth-order valence-corrected chi connectivity index (χ4v) is 2.13. The Bertz CT molecular complexity index is 767. The molecule has 0 amide bonds. The van der Waals surface area contributed by atoms with Crippen LogP contribution in [0.15, 0.2) is 58.8 Å². The van der Waals surface area contributed by atoms with E-state index < -0.39 is 6.04 Å². The second-order valence-corrected chi connectivity index (χ2v) is 4.82. The van der Waals surface area contributed by atoms with Crippen LogP contribution in [-0.4, -0.2) is 13.7 Å². The summed E-state index contributed by atoms with van der Waals surface area (Å²) in [5.74, 6) is 1.09. The van der Waals surface area contributed by atoms with Crippen molar-refractivity contribution < 1.29 is 9.47 Å². The van der Waals surface area contributed by atoms with Gasteiger partial charge in [-0.3, -0.25) is 0 Å². The largest absolute Gasteiger partial charge is 0.493 e. The average Bonchev–Trinajstić information content (AvgIpc) is 2.64. The monoisotopic (exact) mass is 324 g/mol. The van der Waals surface area contributed by atoms with Crippen LogP contribution in [0.5, 0.6) is 11.5 Å². The smallest absolute Gasteiger partial charge is 0.161 e. The van der Waals surface area contributed by atoms with Gasteiger partial charge in [0.05, 0.1) is 13.2 Å². The van der Waals surface area contributed by atoms with Crippen LogP contribution in [0.25, 0.3) is 20.9 Å². The predicted molar refractivity (Wildman–Crippen MR) is 89.7 cm³/mol. The quantitative estimate of drug-likeness (QED) is 0.388. The van der Waals surface area contributed by atoms with Gasteiger partial charge in [0.1, 0.15) is 6.61 Å². The van der Waals surface area contributed by atoms with Crippen molar-refractivity contribution in [1.82, 2.24) is 0 Å². The normalized spacial score (nSPS) is 10.9.